The molecule has 3 atom stereocenters. The summed E-state index contributed by atoms with van der Waals surface area (Å²) in [5.41, 5.74) is -0.258. The summed E-state index contributed by atoms with van der Waals surface area (Å²) in [6.45, 7) is 7.90. The van der Waals surface area contributed by atoms with Crippen LogP contribution in [0.1, 0.15) is 77.8 Å². The van der Waals surface area contributed by atoms with Crippen LogP contribution in [0, 0.1) is 5.41 Å². The highest BCUT2D eigenvalue weighted by Crippen LogP contribution is 2.33. The average Bonchev–Trinajstić information content (AvgIpc) is 3.58. The maximum Gasteiger partial charge on any atom is 0.416 e. The molecule has 0 spiro atoms. The lowest BCUT2D eigenvalue weighted by atomic mass is 9.89. The normalized spacial score (nSPS) is 16.1. The second-order valence-electron chi connectivity index (χ2n) is 12.4. The van der Waals surface area contributed by atoms with Crippen LogP contribution in [0.4, 0.5) is 23.8 Å². The molecule has 1 aliphatic rings. The number of hydrogen-bond acceptors (Lipinski definition) is 6. The van der Waals surface area contributed by atoms with Gasteiger partial charge in [-0.3, -0.25) is 4.79 Å². The summed E-state index contributed by atoms with van der Waals surface area (Å²) in [4.78, 5) is 30.5. The largest absolute Gasteiger partial charge is 0.444 e. The van der Waals surface area contributed by atoms with Gasteiger partial charge in [-0.15, -0.1) is 0 Å². The second kappa shape index (κ2) is 13.8. The topological polar surface area (TPSA) is 123 Å². The van der Waals surface area contributed by atoms with Gasteiger partial charge in [-0.2, -0.15) is 18.3 Å². The molecule has 240 valence electrons. The highest BCUT2D eigenvalue weighted by molar-refractivity contribution is 5.94. The molecule has 4 rings (SSSR count). The van der Waals surface area contributed by atoms with Crippen LogP contribution in [-0.2, 0) is 22.3 Å². The highest BCUT2D eigenvalue weighted by Gasteiger charge is 2.33. The molecule has 3 aromatic rings. The third kappa shape index (κ3) is 8.40. The number of amides is 2. The number of hydrogen-bond donors (Lipinski definition) is 3. The van der Waals surface area contributed by atoms with Crippen molar-refractivity contribution < 1.29 is 32.6 Å². The summed E-state index contributed by atoms with van der Waals surface area (Å²) in [5, 5.41) is 20.7. The van der Waals surface area contributed by atoms with Crippen molar-refractivity contribution in [2.24, 2.45) is 5.41 Å². The predicted molar refractivity (Wildman–Crippen MR) is 159 cm³/mol. The number of benzene rings is 1. The summed E-state index contributed by atoms with van der Waals surface area (Å²) in [7, 11) is 0. The van der Waals surface area contributed by atoms with Crippen molar-refractivity contribution >= 4 is 17.8 Å². The molecule has 0 radical (unpaired) electrons. The van der Waals surface area contributed by atoms with E-state index in [0.29, 0.717) is 29.9 Å². The minimum atomic E-state index is -4.43. The zero-order valence-corrected chi connectivity index (χ0v) is 25.5. The number of nitrogens with zero attached hydrogens (tertiary/aromatic N) is 4. The smallest absolute Gasteiger partial charge is 0.416 e. The first-order valence-electron chi connectivity index (χ1n) is 14.9. The first-order valence-corrected chi connectivity index (χ1v) is 14.9. The van der Waals surface area contributed by atoms with Gasteiger partial charge in [0.1, 0.15) is 11.9 Å². The van der Waals surface area contributed by atoms with Crippen LogP contribution < -0.4 is 10.6 Å². The Morgan fingerprint density at radius 2 is 1.84 bits per heavy atom. The van der Waals surface area contributed by atoms with Crippen molar-refractivity contribution in [3.63, 3.8) is 0 Å². The molecule has 1 saturated carbocycles. The van der Waals surface area contributed by atoms with Gasteiger partial charge >= 0.3 is 12.3 Å². The molecule has 0 bridgehead atoms. The summed E-state index contributed by atoms with van der Waals surface area (Å²) >= 11 is 0. The Morgan fingerprint density at radius 3 is 2.43 bits per heavy atom. The third-order valence-electron chi connectivity index (χ3n) is 7.90. The van der Waals surface area contributed by atoms with Gasteiger partial charge in [0.15, 0.2) is 6.10 Å². The van der Waals surface area contributed by atoms with E-state index in [4.69, 9.17) is 4.74 Å². The molecule has 3 N–H and O–H groups in total. The molecule has 2 amide bonds. The number of ether oxygens (including phenoxy) is 1. The number of carbonyl (C=O) groups is 2. The highest BCUT2D eigenvalue weighted by atomic mass is 19.4. The van der Waals surface area contributed by atoms with Gasteiger partial charge in [0.2, 0.25) is 0 Å². The Hall–Kier alpha value is -3.87. The van der Waals surface area contributed by atoms with Crippen molar-refractivity contribution in [2.75, 3.05) is 5.32 Å². The quantitative estimate of drug-likeness (QED) is 0.223. The summed E-state index contributed by atoms with van der Waals surface area (Å²) in [6, 6.07) is 5.75. The van der Waals surface area contributed by atoms with Crippen LogP contribution in [0.3, 0.4) is 0 Å². The Kier molecular flexibility index (Phi) is 10.4. The van der Waals surface area contributed by atoms with Gasteiger partial charge in [-0.25, -0.2) is 14.5 Å². The van der Waals surface area contributed by atoms with Crippen LogP contribution in [0.2, 0.25) is 0 Å². The average molecular weight is 619 g/mol. The zero-order valence-electron chi connectivity index (χ0n) is 25.5. The molecule has 2 heterocycles. The molecule has 0 aliphatic heterocycles. The first kappa shape index (κ1) is 33.0. The Balaban J connectivity index is 1.40. The molecule has 10 nitrogen and oxygen atoms in total. The van der Waals surface area contributed by atoms with Gasteiger partial charge in [-0.05, 0) is 37.8 Å². The summed E-state index contributed by atoms with van der Waals surface area (Å²) < 4.78 is 48.1. The first-order chi connectivity index (χ1) is 20.8. The van der Waals surface area contributed by atoms with E-state index in [2.05, 4.69) is 20.7 Å². The second-order valence-corrected chi connectivity index (χ2v) is 12.4. The monoisotopic (exact) mass is 618 g/mol. The standard InChI is InChI=1S/C31H41F3N6O4/c1-5-6-10-23(27(41)28(42)38-26-15-16-36-40(26)22-8-7-9-22)37-29(43)44-25(30(2,3)4)18-39-17-24(35-19-39)20-11-13-21(14-12-20)31(32,33)34/h11-17,19,22-23,25,27,41H,5-10,18H2,1-4H3,(H,37,43)(H,38,42)/t23-,25+,27-/m0/s1. The molecule has 2 aromatic heterocycles. The predicted octanol–water partition coefficient (Wildman–Crippen LogP) is 6.19. The maximum absolute atomic E-state index is 13.1. The van der Waals surface area contributed by atoms with Crippen LogP contribution >= 0.6 is 0 Å². The van der Waals surface area contributed by atoms with E-state index in [1.54, 1.807) is 27.7 Å². The minimum Gasteiger partial charge on any atom is -0.444 e. The van der Waals surface area contributed by atoms with Gasteiger partial charge < -0.3 is 25.0 Å². The minimum absolute atomic E-state index is 0.220. The van der Waals surface area contributed by atoms with Crippen molar-refractivity contribution in [1.29, 1.82) is 0 Å². The van der Waals surface area contributed by atoms with E-state index < -0.39 is 47.4 Å². The third-order valence-corrected chi connectivity index (χ3v) is 7.90. The van der Waals surface area contributed by atoms with Crippen LogP contribution in [0.25, 0.3) is 11.3 Å². The fourth-order valence-electron chi connectivity index (χ4n) is 4.88. The van der Waals surface area contributed by atoms with Crippen molar-refractivity contribution in [3.8, 4) is 11.3 Å². The van der Waals surface area contributed by atoms with E-state index in [1.807, 2.05) is 27.7 Å². The van der Waals surface area contributed by atoms with Crippen molar-refractivity contribution in [2.45, 2.75) is 103 Å². The van der Waals surface area contributed by atoms with Gasteiger partial charge in [0, 0.05) is 23.2 Å². The number of nitrogens with one attached hydrogen (secondary N) is 2. The number of anilines is 1. The lowest BCUT2D eigenvalue weighted by Crippen LogP contribution is -2.50. The Morgan fingerprint density at radius 1 is 1.14 bits per heavy atom. The van der Waals surface area contributed by atoms with Gasteiger partial charge in [0.05, 0.1) is 42.4 Å². The molecular formula is C31H41F3N6O4. The van der Waals surface area contributed by atoms with Gasteiger partial charge in [-0.1, -0.05) is 52.7 Å². The molecule has 13 heteroatoms. The number of imidazole rings is 1. The lowest BCUT2D eigenvalue weighted by molar-refractivity contribution is -0.137. The molecular weight excluding hydrogens is 577 g/mol. The fraction of sp³-hybridized carbons (Fsp3) is 0.548. The molecule has 44 heavy (non-hydrogen) atoms. The lowest BCUT2D eigenvalue weighted by Gasteiger charge is -2.32. The molecule has 1 fully saturated rings. The SMILES string of the molecule is CCCC[C@H](NC(=O)O[C@H](Cn1cnc(-c2ccc(C(F)(F)F)cc2)c1)C(C)(C)C)[C@H](O)C(=O)Nc1ccnn1C1CCC1. The van der Waals surface area contributed by atoms with E-state index in [9.17, 15) is 27.9 Å². The number of unbranched alkanes of at least 4 members (excludes halogenated alkanes) is 1. The Bertz CT molecular complexity index is 1390. The molecule has 0 unspecified atom stereocenters. The van der Waals surface area contributed by atoms with Crippen LogP contribution in [0.15, 0.2) is 49.1 Å². The van der Waals surface area contributed by atoms with Crippen LogP contribution in [0.5, 0.6) is 0 Å². The molecule has 1 aliphatic carbocycles. The molecule has 1 aromatic carbocycles. The number of alkyl halides is 3. The fourth-order valence-corrected chi connectivity index (χ4v) is 4.88. The number of halogens is 3. The van der Waals surface area contributed by atoms with Crippen molar-refractivity contribution in [1.82, 2.24) is 24.6 Å². The van der Waals surface area contributed by atoms with E-state index >= 15 is 0 Å². The number of rotatable bonds is 12. The molecule has 0 saturated heterocycles. The van der Waals surface area contributed by atoms with Gasteiger partial charge in [0.25, 0.3) is 5.91 Å². The summed E-state index contributed by atoms with van der Waals surface area (Å²) in [6.07, 6.45) is 2.31. The zero-order chi connectivity index (χ0) is 32.1. The number of alkyl carbamates (subject to hydrolysis) is 1. The number of aromatic nitrogens is 4. The van der Waals surface area contributed by atoms with E-state index in [0.717, 1.165) is 37.8 Å². The number of carbonyl (C=O) groups excluding carboxylic acids is 2. The van der Waals surface area contributed by atoms with E-state index in [1.165, 1.54) is 18.5 Å². The number of aliphatic hydroxyl groups excluding tert-OH is 1. The summed E-state index contributed by atoms with van der Waals surface area (Å²) in [5.74, 6) is -0.145. The Labute approximate surface area is 255 Å². The number of aliphatic hydroxyl groups is 1. The van der Waals surface area contributed by atoms with E-state index in [-0.39, 0.29) is 12.6 Å². The maximum atomic E-state index is 13.1. The van der Waals surface area contributed by atoms with Crippen molar-refractivity contribution in [3.05, 3.63) is 54.6 Å². The van der Waals surface area contributed by atoms with Crippen LogP contribution in [-0.4, -0.2) is 54.7 Å².